The molecule has 98 valence electrons. The van der Waals surface area contributed by atoms with Gasteiger partial charge in [0.1, 0.15) is 0 Å². The molecule has 0 aromatic heterocycles. The Balaban J connectivity index is 2.28. The van der Waals surface area contributed by atoms with Crippen LogP contribution in [0.4, 0.5) is 5.69 Å². The van der Waals surface area contributed by atoms with Crippen molar-refractivity contribution in [2.24, 2.45) is 5.73 Å². The summed E-state index contributed by atoms with van der Waals surface area (Å²) in [6.07, 6.45) is 0. The summed E-state index contributed by atoms with van der Waals surface area (Å²) in [4.78, 5) is 12.3. The number of aryl methyl sites for hydroxylation is 1. The van der Waals surface area contributed by atoms with Crippen molar-refractivity contribution in [1.82, 2.24) is 0 Å². The van der Waals surface area contributed by atoms with Crippen LogP contribution in [0.3, 0.4) is 0 Å². The average molecular weight is 254 g/mol. The number of rotatable bonds is 3. The normalized spacial score (nSPS) is 10.3. The number of nitrogens with one attached hydrogen (secondary N) is 1. The first kappa shape index (κ1) is 13.3. The molecule has 3 N–H and O–H groups in total. The summed E-state index contributed by atoms with van der Waals surface area (Å²) in [7, 11) is 0. The summed E-state index contributed by atoms with van der Waals surface area (Å²) in [6.45, 7) is 4.36. The van der Waals surface area contributed by atoms with Gasteiger partial charge < -0.3 is 11.1 Å². The third-order valence-corrected chi connectivity index (χ3v) is 3.33. The van der Waals surface area contributed by atoms with E-state index in [1.54, 1.807) is 0 Å². The fourth-order valence-electron chi connectivity index (χ4n) is 2.01. The number of anilines is 1. The molecule has 3 heteroatoms. The first-order valence-electron chi connectivity index (χ1n) is 6.29. The lowest BCUT2D eigenvalue weighted by molar-refractivity contribution is 0.102. The van der Waals surface area contributed by atoms with Gasteiger partial charge in [-0.05, 0) is 42.7 Å². The molecule has 0 heterocycles. The molecule has 0 aliphatic rings. The highest BCUT2D eigenvalue weighted by Gasteiger charge is 2.11. The van der Waals surface area contributed by atoms with E-state index >= 15 is 0 Å². The van der Waals surface area contributed by atoms with Gasteiger partial charge >= 0.3 is 0 Å². The zero-order valence-corrected chi connectivity index (χ0v) is 11.2. The van der Waals surface area contributed by atoms with E-state index in [1.165, 1.54) is 0 Å². The van der Waals surface area contributed by atoms with E-state index in [0.29, 0.717) is 12.1 Å². The second-order valence-electron chi connectivity index (χ2n) is 4.56. The minimum Gasteiger partial charge on any atom is -0.326 e. The van der Waals surface area contributed by atoms with Gasteiger partial charge in [0.15, 0.2) is 0 Å². The van der Waals surface area contributed by atoms with E-state index in [4.69, 9.17) is 5.73 Å². The van der Waals surface area contributed by atoms with E-state index in [1.807, 2.05) is 56.3 Å². The number of nitrogens with two attached hydrogens (primary N) is 1. The van der Waals surface area contributed by atoms with Crippen molar-refractivity contribution in [3.8, 4) is 0 Å². The van der Waals surface area contributed by atoms with Gasteiger partial charge in [0.25, 0.3) is 5.91 Å². The van der Waals surface area contributed by atoms with Crippen LogP contribution in [0.5, 0.6) is 0 Å². The minimum absolute atomic E-state index is 0.0953. The topological polar surface area (TPSA) is 55.1 Å². The smallest absolute Gasteiger partial charge is 0.255 e. The van der Waals surface area contributed by atoms with Gasteiger partial charge in [-0.25, -0.2) is 0 Å². The average Bonchev–Trinajstić information content (AvgIpc) is 2.42. The summed E-state index contributed by atoms with van der Waals surface area (Å²) in [5.74, 6) is -0.0953. The highest BCUT2D eigenvalue weighted by Crippen LogP contribution is 2.18. The Hall–Kier alpha value is -2.13. The van der Waals surface area contributed by atoms with Crippen molar-refractivity contribution in [2.45, 2.75) is 20.4 Å². The third-order valence-electron chi connectivity index (χ3n) is 3.33. The zero-order valence-electron chi connectivity index (χ0n) is 11.2. The van der Waals surface area contributed by atoms with Crippen molar-refractivity contribution in [2.75, 3.05) is 5.32 Å². The molecule has 2 rings (SSSR count). The van der Waals surface area contributed by atoms with Gasteiger partial charge in [-0.1, -0.05) is 30.3 Å². The second-order valence-corrected chi connectivity index (χ2v) is 4.56. The van der Waals surface area contributed by atoms with Crippen molar-refractivity contribution in [1.29, 1.82) is 0 Å². The molecule has 0 fully saturated rings. The first-order chi connectivity index (χ1) is 9.13. The van der Waals surface area contributed by atoms with Crippen molar-refractivity contribution >= 4 is 11.6 Å². The van der Waals surface area contributed by atoms with E-state index in [-0.39, 0.29) is 5.91 Å². The van der Waals surface area contributed by atoms with E-state index in [9.17, 15) is 4.79 Å². The fraction of sp³-hybridized carbons (Fsp3) is 0.188. The standard InChI is InChI=1S/C16H18N2O/c1-11-6-5-8-14(12(11)2)16(19)18-15-9-4-3-7-13(15)10-17/h3-9H,10,17H2,1-2H3,(H,18,19). The maximum absolute atomic E-state index is 12.3. The van der Waals surface area contributed by atoms with Crippen LogP contribution >= 0.6 is 0 Å². The second kappa shape index (κ2) is 5.67. The fourth-order valence-corrected chi connectivity index (χ4v) is 2.01. The number of amides is 1. The van der Waals surface area contributed by atoms with Gasteiger partial charge in [-0.3, -0.25) is 4.79 Å². The molecule has 0 atom stereocenters. The molecule has 0 aliphatic carbocycles. The Morgan fingerprint density at radius 2 is 1.84 bits per heavy atom. The third kappa shape index (κ3) is 2.83. The van der Waals surface area contributed by atoms with Crippen LogP contribution in [0.1, 0.15) is 27.0 Å². The number of hydrogen-bond donors (Lipinski definition) is 2. The monoisotopic (exact) mass is 254 g/mol. The molecule has 0 radical (unpaired) electrons. The maximum Gasteiger partial charge on any atom is 0.255 e. The Morgan fingerprint density at radius 3 is 2.58 bits per heavy atom. The van der Waals surface area contributed by atoms with Crippen LogP contribution in [0.25, 0.3) is 0 Å². The van der Waals surface area contributed by atoms with Crippen LogP contribution in [-0.2, 0) is 6.54 Å². The number of para-hydroxylation sites is 1. The lowest BCUT2D eigenvalue weighted by Gasteiger charge is -2.12. The summed E-state index contributed by atoms with van der Waals surface area (Å²) >= 11 is 0. The molecule has 0 saturated heterocycles. The Labute approximate surface area is 113 Å². The molecule has 2 aromatic rings. The van der Waals surface area contributed by atoms with Crippen LogP contribution < -0.4 is 11.1 Å². The first-order valence-corrected chi connectivity index (χ1v) is 6.29. The number of carbonyl (C=O) groups is 1. The van der Waals surface area contributed by atoms with Crippen LogP contribution in [0.2, 0.25) is 0 Å². The van der Waals surface area contributed by atoms with Crippen LogP contribution in [0, 0.1) is 13.8 Å². The molecule has 0 bridgehead atoms. The van der Waals surface area contributed by atoms with Crippen LogP contribution in [0.15, 0.2) is 42.5 Å². The van der Waals surface area contributed by atoms with Gasteiger partial charge in [0.05, 0.1) is 0 Å². The van der Waals surface area contributed by atoms with Gasteiger partial charge in [-0.2, -0.15) is 0 Å². The molecule has 0 spiro atoms. The Kier molecular flexibility index (Phi) is 3.97. The lowest BCUT2D eigenvalue weighted by atomic mass is 10.0. The van der Waals surface area contributed by atoms with Crippen molar-refractivity contribution in [3.05, 3.63) is 64.7 Å². The zero-order chi connectivity index (χ0) is 13.8. The van der Waals surface area contributed by atoms with E-state index in [2.05, 4.69) is 5.32 Å². The van der Waals surface area contributed by atoms with Gasteiger partial charge in [0, 0.05) is 17.8 Å². The van der Waals surface area contributed by atoms with Gasteiger partial charge in [0.2, 0.25) is 0 Å². The summed E-state index contributed by atoms with van der Waals surface area (Å²) in [6, 6.07) is 13.3. The molecular formula is C16H18N2O. The predicted molar refractivity (Wildman–Crippen MR) is 78.2 cm³/mol. The maximum atomic E-state index is 12.3. The van der Waals surface area contributed by atoms with Crippen molar-refractivity contribution < 1.29 is 4.79 Å². The minimum atomic E-state index is -0.0953. The quantitative estimate of drug-likeness (QED) is 0.884. The Morgan fingerprint density at radius 1 is 1.11 bits per heavy atom. The summed E-state index contributed by atoms with van der Waals surface area (Å²) in [5.41, 5.74) is 10.2. The van der Waals surface area contributed by atoms with Gasteiger partial charge in [-0.15, -0.1) is 0 Å². The molecular weight excluding hydrogens is 236 g/mol. The highest BCUT2D eigenvalue weighted by atomic mass is 16.1. The molecule has 1 amide bonds. The number of hydrogen-bond acceptors (Lipinski definition) is 2. The van der Waals surface area contributed by atoms with Crippen LogP contribution in [-0.4, -0.2) is 5.91 Å². The molecule has 0 saturated carbocycles. The molecule has 0 unspecified atom stereocenters. The molecule has 3 nitrogen and oxygen atoms in total. The van der Waals surface area contributed by atoms with Crippen molar-refractivity contribution in [3.63, 3.8) is 0 Å². The largest absolute Gasteiger partial charge is 0.326 e. The molecule has 2 aromatic carbocycles. The van der Waals surface area contributed by atoms with E-state index in [0.717, 1.165) is 22.4 Å². The Bertz CT molecular complexity index is 605. The number of carbonyl (C=O) groups excluding carboxylic acids is 1. The summed E-state index contributed by atoms with van der Waals surface area (Å²) < 4.78 is 0. The molecule has 19 heavy (non-hydrogen) atoms. The lowest BCUT2D eigenvalue weighted by Crippen LogP contribution is -2.15. The predicted octanol–water partition coefficient (Wildman–Crippen LogP) is 3.01. The SMILES string of the molecule is Cc1cccc(C(=O)Nc2ccccc2CN)c1C. The van der Waals surface area contributed by atoms with E-state index < -0.39 is 0 Å². The number of benzene rings is 2. The summed E-state index contributed by atoms with van der Waals surface area (Å²) in [5, 5.41) is 2.93. The molecule has 0 aliphatic heterocycles. The highest BCUT2D eigenvalue weighted by molar-refractivity contribution is 6.05.